The van der Waals surface area contributed by atoms with Gasteiger partial charge < -0.3 is 9.73 Å². The van der Waals surface area contributed by atoms with E-state index in [9.17, 15) is 14.5 Å². The summed E-state index contributed by atoms with van der Waals surface area (Å²) >= 11 is 5.51. The Bertz CT molecular complexity index is 572. The minimum Gasteiger partial charge on any atom is -0.472 e. The standard InChI is InChI=1S/C11H8ClFN2O3/c12-8-3-11(15(16)17)10(4-9(8)13)14-5-7-1-2-18-6-7/h1-4,6,14H,5H2. The van der Waals surface area contributed by atoms with E-state index in [0.29, 0.717) is 6.54 Å². The molecule has 0 amide bonds. The lowest BCUT2D eigenvalue weighted by Gasteiger charge is -2.06. The van der Waals surface area contributed by atoms with Crippen LogP contribution in [-0.2, 0) is 6.54 Å². The topological polar surface area (TPSA) is 68.3 Å². The number of anilines is 1. The van der Waals surface area contributed by atoms with Crippen LogP contribution in [0.2, 0.25) is 5.02 Å². The Morgan fingerprint density at radius 3 is 2.89 bits per heavy atom. The van der Waals surface area contributed by atoms with Crippen molar-refractivity contribution in [2.24, 2.45) is 0 Å². The summed E-state index contributed by atoms with van der Waals surface area (Å²) < 4.78 is 18.1. The molecule has 0 radical (unpaired) electrons. The predicted molar refractivity (Wildman–Crippen MR) is 64.1 cm³/mol. The first-order valence-corrected chi connectivity index (χ1v) is 5.34. The molecular weight excluding hydrogens is 263 g/mol. The molecule has 1 aromatic heterocycles. The van der Waals surface area contributed by atoms with Crippen molar-refractivity contribution in [3.05, 3.63) is 57.2 Å². The molecule has 1 heterocycles. The number of benzene rings is 1. The third-order valence-electron chi connectivity index (χ3n) is 2.30. The average Bonchev–Trinajstić information content (AvgIpc) is 2.83. The van der Waals surface area contributed by atoms with Crippen LogP contribution in [0, 0.1) is 15.9 Å². The van der Waals surface area contributed by atoms with Gasteiger partial charge in [0.2, 0.25) is 0 Å². The smallest absolute Gasteiger partial charge is 0.294 e. The van der Waals surface area contributed by atoms with Crippen LogP contribution in [0.4, 0.5) is 15.8 Å². The quantitative estimate of drug-likeness (QED) is 0.681. The van der Waals surface area contributed by atoms with E-state index in [1.54, 1.807) is 6.07 Å². The fourth-order valence-electron chi connectivity index (χ4n) is 1.42. The number of nitrogens with one attached hydrogen (secondary N) is 1. The first-order valence-electron chi connectivity index (χ1n) is 4.96. The van der Waals surface area contributed by atoms with Crippen LogP contribution in [-0.4, -0.2) is 4.92 Å². The minimum absolute atomic E-state index is 0.0723. The molecule has 0 bridgehead atoms. The summed E-state index contributed by atoms with van der Waals surface area (Å²) in [7, 11) is 0. The molecule has 0 aliphatic heterocycles. The van der Waals surface area contributed by atoms with Crippen LogP contribution in [0.5, 0.6) is 0 Å². The fraction of sp³-hybridized carbons (Fsp3) is 0.0909. The monoisotopic (exact) mass is 270 g/mol. The second-order valence-corrected chi connectivity index (χ2v) is 3.93. The summed E-state index contributed by atoms with van der Waals surface area (Å²) in [6.07, 6.45) is 2.97. The van der Waals surface area contributed by atoms with Crippen LogP contribution < -0.4 is 5.32 Å². The lowest BCUT2D eigenvalue weighted by molar-refractivity contribution is -0.384. The Labute approximate surface area is 106 Å². The Kier molecular flexibility index (Phi) is 3.47. The molecule has 0 unspecified atom stereocenters. The van der Waals surface area contributed by atoms with Crippen LogP contribution >= 0.6 is 11.6 Å². The molecule has 1 aromatic carbocycles. The normalized spacial score (nSPS) is 10.3. The van der Waals surface area contributed by atoms with Gasteiger partial charge in [0.05, 0.1) is 22.5 Å². The number of hydrogen-bond donors (Lipinski definition) is 1. The van der Waals surface area contributed by atoms with Gasteiger partial charge in [0, 0.05) is 24.2 Å². The van der Waals surface area contributed by atoms with Gasteiger partial charge in [-0.3, -0.25) is 10.1 Å². The molecule has 0 spiro atoms. The number of nitro benzene ring substituents is 1. The molecule has 1 N–H and O–H groups in total. The van der Waals surface area contributed by atoms with Gasteiger partial charge in [-0.25, -0.2) is 4.39 Å². The number of rotatable bonds is 4. The van der Waals surface area contributed by atoms with Crippen molar-refractivity contribution in [2.45, 2.75) is 6.54 Å². The van der Waals surface area contributed by atoms with Gasteiger partial charge in [0.15, 0.2) is 0 Å². The highest BCUT2D eigenvalue weighted by Crippen LogP contribution is 2.30. The van der Waals surface area contributed by atoms with Crippen LogP contribution in [0.1, 0.15) is 5.56 Å². The van der Waals surface area contributed by atoms with Gasteiger partial charge in [0.1, 0.15) is 11.5 Å². The van der Waals surface area contributed by atoms with Crippen molar-refractivity contribution in [1.29, 1.82) is 0 Å². The summed E-state index contributed by atoms with van der Waals surface area (Å²) in [5.41, 5.74) is 0.590. The van der Waals surface area contributed by atoms with E-state index in [1.165, 1.54) is 12.5 Å². The lowest BCUT2D eigenvalue weighted by Crippen LogP contribution is -2.02. The predicted octanol–water partition coefficient (Wildman–Crippen LogP) is 3.59. The van der Waals surface area contributed by atoms with Gasteiger partial charge in [-0.1, -0.05) is 11.6 Å². The van der Waals surface area contributed by atoms with E-state index >= 15 is 0 Å². The summed E-state index contributed by atoms with van der Waals surface area (Å²) in [5.74, 6) is -0.711. The number of halogens is 2. The van der Waals surface area contributed by atoms with Gasteiger partial charge in [-0.05, 0) is 6.07 Å². The highest BCUT2D eigenvalue weighted by Gasteiger charge is 2.17. The third-order valence-corrected chi connectivity index (χ3v) is 2.59. The maximum absolute atomic E-state index is 13.3. The van der Waals surface area contributed by atoms with Crippen molar-refractivity contribution in [1.82, 2.24) is 0 Å². The van der Waals surface area contributed by atoms with Gasteiger partial charge >= 0.3 is 0 Å². The average molecular weight is 271 g/mol. The van der Waals surface area contributed by atoms with Crippen LogP contribution in [0.15, 0.2) is 35.1 Å². The van der Waals surface area contributed by atoms with E-state index in [1.807, 2.05) is 0 Å². The summed E-state index contributed by atoms with van der Waals surface area (Å²) in [5, 5.41) is 13.3. The molecule has 2 aromatic rings. The maximum Gasteiger partial charge on any atom is 0.294 e. The third kappa shape index (κ3) is 2.60. The molecule has 2 rings (SSSR count). The molecule has 18 heavy (non-hydrogen) atoms. The van der Waals surface area contributed by atoms with E-state index in [-0.39, 0.29) is 16.4 Å². The first-order chi connectivity index (χ1) is 8.58. The zero-order valence-corrected chi connectivity index (χ0v) is 9.78. The molecule has 0 aliphatic carbocycles. The van der Waals surface area contributed by atoms with Crippen LogP contribution in [0.3, 0.4) is 0 Å². The molecule has 94 valence electrons. The Balaban J connectivity index is 2.25. The second-order valence-electron chi connectivity index (χ2n) is 3.53. The molecule has 0 atom stereocenters. The Morgan fingerprint density at radius 1 is 1.50 bits per heavy atom. The van der Waals surface area contributed by atoms with Crippen LogP contribution in [0.25, 0.3) is 0 Å². The largest absolute Gasteiger partial charge is 0.472 e. The molecule has 0 aliphatic rings. The zero-order chi connectivity index (χ0) is 13.1. The van der Waals surface area contributed by atoms with E-state index < -0.39 is 10.7 Å². The molecule has 0 saturated carbocycles. The number of nitro groups is 1. The van der Waals surface area contributed by atoms with Gasteiger partial charge in [-0.2, -0.15) is 0 Å². The number of nitrogens with zero attached hydrogens (tertiary/aromatic N) is 1. The van der Waals surface area contributed by atoms with Gasteiger partial charge in [-0.15, -0.1) is 0 Å². The van der Waals surface area contributed by atoms with E-state index in [0.717, 1.165) is 17.7 Å². The molecule has 0 saturated heterocycles. The highest BCUT2D eigenvalue weighted by atomic mass is 35.5. The fourth-order valence-corrected chi connectivity index (χ4v) is 1.58. The molecular formula is C11H8ClFN2O3. The van der Waals surface area contributed by atoms with Crippen molar-refractivity contribution in [2.75, 3.05) is 5.32 Å². The summed E-state index contributed by atoms with van der Waals surface area (Å²) in [6, 6.07) is 3.68. The molecule has 5 nitrogen and oxygen atoms in total. The summed E-state index contributed by atoms with van der Waals surface area (Å²) in [4.78, 5) is 10.2. The lowest BCUT2D eigenvalue weighted by atomic mass is 10.2. The molecule has 0 fully saturated rings. The van der Waals surface area contributed by atoms with Crippen molar-refractivity contribution in [3.8, 4) is 0 Å². The minimum atomic E-state index is -0.711. The second kappa shape index (κ2) is 5.05. The zero-order valence-electron chi connectivity index (χ0n) is 9.02. The van der Waals surface area contributed by atoms with E-state index in [4.69, 9.17) is 16.0 Å². The first kappa shape index (κ1) is 12.4. The SMILES string of the molecule is O=[N+]([O-])c1cc(Cl)c(F)cc1NCc1ccoc1. The maximum atomic E-state index is 13.3. The number of furan rings is 1. The Hall–Kier alpha value is -2.08. The van der Waals surface area contributed by atoms with Crippen molar-refractivity contribution >= 4 is 23.0 Å². The van der Waals surface area contributed by atoms with E-state index in [2.05, 4.69) is 5.32 Å². The highest BCUT2D eigenvalue weighted by molar-refractivity contribution is 6.31. The van der Waals surface area contributed by atoms with Crippen molar-refractivity contribution in [3.63, 3.8) is 0 Å². The van der Waals surface area contributed by atoms with Gasteiger partial charge in [0.25, 0.3) is 5.69 Å². The molecule has 7 heteroatoms. The Morgan fingerprint density at radius 2 is 2.28 bits per heavy atom. The van der Waals surface area contributed by atoms with Crippen molar-refractivity contribution < 1.29 is 13.7 Å². The summed E-state index contributed by atoms with van der Waals surface area (Å²) in [6.45, 7) is 0.290. The number of hydrogen-bond acceptors (Lipinski definition) is 4.